The lowest BCUT2D eigenvalue weighted by Gasteiger charge is -2.48. The Morgan fingerprint density at radius 3 is 2.36 bits per heavy atom. The van der Waals surface area contributed by atoms with Crippen LogP contribution >= 0.6 is 0 Å². The normalized spacial score (nSPS) is 25.5. The quantitative estimate of drug-likeness (QED) is 0.681. The summed E-state index contributed by atoms with van der Waals surface area (Å²) in [4.78, 5) is 2.64. The predicted molar refractivity (Wildman–Crippen MR) is 60.2 cm³/mol. The summed E-state index contributed by atoms with van der Waals surface area (Å²) in [5.41, 5.74) is 6.26. The number of nitrogens with two attached hydrogens (primary N) is 1. The fraction of sp³-hybridized carbons (Fsp3) is 1.00. The van der Waals surface area contributed by atoms with Gasteiger partial charge in [-0.3, -0.25) is 0 Å². The predicted octanol–water partition coefficient (Wildman–Crippen LogP) is 1.99. The maximum atomic E-state index is 5.47. The average molecular weight is 196 g/mol. The highest BCUT2D eigenvalue weighted by atomic mass is 15.2. The molecule has 0 unspecified atom stereocenters. The van der Waals surface area contributed by atoms with Crippen molar-refractivity contribution in [1.82, 2.24) is 4.90 Å². The van der Waals surface area contributed by atoms with Crippen LogP contribution in [-0.4, -0.2) is 31.1 Å². The van der Waals surface area contributed by atoms with Gasteiger partial charge in [0.1, 0.15) is 0 Å². The molecule has 2 fully saturated rings. The van der Waals surface area contributed by atoms with Crippen LogP contribution in [0, 0.1) is 5.41 Å². The van der Waals surface area contributed by atoms with Crippen LogP contribution in [-0.2, 0) is 0 Å². The Labute approximate surface area is 87.8 Å². The zero-order valence-electron chi connectivity index (χ0n) is 9.30. The second-order valence-electron chi connectivity index (χ2n) is 5.27. The third-order valence-electron chi connectivity index (χ3n) is 3.96. The van der Waals surface area contributed by atoms with Crippen molar-refractivity contribution in [1.29, 1.82) is 0 Å². The van der Waals surface area contributed by atoms with Crippen LogP contribution in [0.4, 0.5) is 0 Å². The van der Waals surface area contributed by atoms with Crippen LogP contribution in [0.25, 0.3) is 0 Å². The molecule has 0 aromatic rings. The molecular formula is C12H24N2. The van der Waals surface area contributed by atoms with E-state index in [1.807, 2.05) is 0 Å². The highest BCUT2D eigenvalue weighted by molar-refractivity contribution is 4.97. The summed E-state index contributed by atoms with van der Waals surface area (Å²) < 4.78 is 0. The second-order valence-corrected chi connectivity index (χ2v) is 5.27. The highest BCUT2D eigenvalue weighted by Gasteiger charge is 2.43. The fourth-order valence-electron chi connectivity index (χ4n) is 3.16. The van der Waals surface area contributed by atoms with E-state index in [4.69, 9.17) is 5.73 Å². The van der Waals surface area contributed by atoms with Crippen molar-refractivity contribution in [3.05, 3.63) is 0 Å². The van der Waals surface area contributed by atoms with E-state index in [0.717, 1.165) is 12.0 Å². The Balaban J connectivity index is 1.54. The molecule has 14 heavy (non-hydrogen) atoms. The summed E-state index contributed by atoms with van der Waals surface area (Å²) in [7, 11) is 0. The summed E-state index contributed by atoms with van der Waals surface area (Å²) in [6.45, 7) is 4.98. The topological polar surface area (TPSA) is 29.3 Å². The first-order valence-electron chi connectivity index (χ1n) is 6.27. The van der Waals surface area contributed by atoms with Gasteiger partial charge in [0.15, 0.2) is 0 Å². The second kappa shape index (κ2) is 4.63. The van der Waals surface area contributed by atoms with Gasteiger partial charge in [-0.05, 0) is 44.2 Å². The Morgan fingerprint density at radius 2 is 1.71 bits per heavy atom. The van der Waals surface area contributed by atoms with E-state index >= 15 is 0 Å². The van der Waals surface area contributed by atoms with Crippen molar-refractivity contribution in [2.75, 3.05) is 26.2 Å². The standard InChI is InChI=1S/C12H24N2/c13-8-4-1-5-9-14-10-12(11-14)6-2-3-7-12/h1-11,13H2. The van der Waals surface area contributed by atoms with Gasteiger partial charge in [0, 0.05) is 13.1 Å². The van der Waals surface area contributed by atoms with Gasteiger partial charge < -0.3 is 10.6 Å². The van der Waals surface area contributed by atoms with Gasteiger partial charge in [0.05, 0.1) is 0 Å². The molecule has 0 radical (unpaired) electrons. The number of hydrogen-bond donors (Lipinski definition) is 1. The molecule has 1 heterocycles. The molecule has 82 valence electrons. The molecule has 2 rings (SSSR count). The molecule has 2 aliphatic rings. The smallest absolute Gasteiger partial charge is 0.00505 e. The molecule has 1 aliphatic carbocycles. The minimum Gasteiger partial charge on any atom is -0.330 e. The van der Waals surface area contributed by atoms with E-state index in [0.29, 0.717) is 0 Å². The van der Waals surface area contributed by atoms with Crippen molar-refractivity contribution in [2.24, 2.45) is 11.1 Å². The highest BCUT2D eigenvalue weighted by Crippen LogP contribution is 2.45. The van der Waals surface area contributed by atoms with Crippen LogP contribution in [0.2, 0.25) is 0 Å². The molecule has 0 bridgehead atoms. The lowest BCUT2D eigenvalue weighted by molar-refractivity contribution is 0.00526. The third-order valence-corrected chi connectivity index (χ3v) is 3.96. The molecule has 2 heteroatoms. The molecule has 0 aromatic carbocycles. The Morgan fingerprint density at radius 1 is 1.00 bits per heavy atom. The first kappa shape index (κ1) is 10.4. The third kappa shape index (κ3) is 2.29. The number of rotatable bonds is 5. The van der Waals surface area contributed by atoms with Gasteiger partial charge in [-0.2, -0.15) is 0 Å². The Kier molecular flexibility index (Phi) is 3.45. The number of unbranched alkanes of at least 4 members (excludes halogenated alkanes) is 2. The largest absolute Gasteiger partial charge is 0.330 e. The van der Waals surface area contributed by atoms with Crippen LogP contribution in [0.5, 0.6) is 0 Å². The van der Waals surface area contributed by atoms with E-state index in [9.17, 15) is 0 Å². The lowest BCUT2D eigenvalue weighted by Crippen LogP contribution is -2.54. The minimum absolute atomic E-state index is 0.786. The molecule has 2 N–H and O–H groups in total. The van der Waals surface area contributed by atoms with Crippen molar-refractivity contribution in [3.8, 4) is 0 Å². The average Bonchev–Trinajstić information content (AvgIpc) is 2.59. The van der Waals surface area contributed by atoms with E-state index in [1.54, 1.807) is 0 Å². The van der Waals surface area contributed by atoms with E-state index in [2.05, 4.69) is 4.90 Å². The van der Waals surface area contributed by atoms with E-state index in [1.165, 1.54) is 64.6 Å². The zero-order chi connectivity index (χ0) is 9.86. The lowest BCUT2D eigenvalue weighted by atomic mass is 9.78. The van der Waals surface area contributed by atoms with Crippen LogP contribution in [0.3, 0.4) is 0 Å². The number of likely N-dealkylation sites (tertiary alicyclic amines) is 1. The molecule has 1 saturated carbocycles. The molecule has 1 saturated heterocycles. The van der Waals surface area contributed by atoms with Gasteiger partial charge in [-0.15, -0.1) is 0 Å². The van der Waals surface area contributed by atoms with Gasteiger partial charge >= 0.3 is 0 Å². The first-order valence-corrected chi connectivity index (χ1v) is 6.27. The molecule has 2 nitrogen and oxygen atoms in total. The maximum absolute atomic E-state index is 5.47. The zero-order valence-corrected chi connectivity index (χ0v) is 9.30. The fourth-order valence-corrected chi connectivity index (χ4v) is 3.16. The van der Waals surface area contributed by atoms with Crippen molar-refractivity contribution in [2.45, 2.75) is 44.9 Å². The summed E-state index contributed by atoms with van der Waals surface area (Å²) >= 11 is 0. The van der Waals surface area contributed by atoms with Gasteiger partial charge in [0.25, 0.3) is 0 Å². The maximum Gasteiger partial charge on any atom is 0.00505 e. The molecule has 0 atom stereocenters. The van der Waals surface area contributed by atoms with Gasteiger partial charge in [0.2, 0.25) is 0 Å². The van der Waals surface area contributed by atoms with Crippen LogP contribution in [0.15, 0.2) is 0 Å². The molecule has 1 aliphatic heterocycles. The van der Waals surface area contributed by atoms with E-state index < -0.39 is 0 Å². The number of nitrogens with zero attached hydrogens (tertiary/aromatic N) is 1. The van der Waals surface area contributed by atoms with E-state index in [-0.39, 0.29) is 0 Å². The summed E-state index contributed by atoms with van der Waals surface area (Å²) in [6.07, 6.45) is 9.87. The minimum atomic E-state index is 0.786. The van der Waals surface area contributed by atoms with Crippen molar-refractivity contribution in [3.63, 3.8) is 0 Å². The summed E-state index contributed by atoms with van der Waals surface area (Å²) in [5, 5.41) is 0. The molecular weight excluding hydrogens is 172 g/mol. The van der Waals surface area contributed by atoms with Gasteiger partial charge in [-0.25, -0.2) is 0 Å². The van der Waals surface area contributed by atoms with Crippen LogP contribution < -0.4 is 5.73 Å². The summed E-state index contributed by atoms with van der Waals surface area (Å²) in [5.74, 6) is 0. The first-order chi connectivity index (χ1) is 6.85. The number of hydrogen-bond acceptors (Lipinski definition) is 2. The molecule has 1 spiro atoms. The van der Waals surface area contributed by atoms with Crippen molar-refractivity contribution >= 4 is 0 Å². The molecule has 0 amide bonds. The summed E-state index contributed by atoms with van der Waals surface area (Å²) in [6, 6.07) is 0. The Hall–Kier alpha value is -0.0800. The van der Waals surface area contributed by atoms with Crippen molar-refractivity contribution < 1.29 is 0 Å². The monoisotopic (exact) mass is 196 g/mol. The Bertz CT molecular complexity index is 165. The molecule has 0 aromatic heterocycles. The van der Waals surface area contributed by atoms with Crippen LogP contribution in [0.1, 0.15) is 44.9 Å². The SMILES string of the molecule is NCCCCCN1CC2(CCCC2)C1. The van der Waals surface area contributed by atoms with Gasteiger partial charge in [-0.1, -0.05) is 19.3 Å².